The lowest BCUT2D eigenvalue weighted by atomic mass is 9.90. The van der Waals surface area contributed by atoms with Gasteiger partial charge in [-0.25, -0.2) is 4.98 Å². The van der Waals surface area contributed by atoms with Gasteiger partial charge in [-0.1, -0.05) is 25.1 Å². The predicted molar refractivity (Wildman–Crippen MR) is 79.5 cm³/mol. The Morgan fingerprint density at radius 2 is 2.26 bits per heavy atom. The minimum Gasteiger partial charge on any atom is -0.389 e. The molecule has 1 aromatic heterocycles. The number of ether oxygens (including phenoxy) is 1. The number of hydrogen-bond acceptors (Lipinski definition) is 4. The van der Waals surface area contributed by atoms with Gasteiger partial charge in [-0.15, -0.1) is 0 Å². The first-order chi connectivity index (χ1) is 9.27. The van der Waals surface area contributed by atoms with Crippen LogP contribution in [0.25, 0.3) is 0 Å². The summed E-state index contributed by atoms with van der Waals surface area (Å²) in [7, 11) is 0. The van der Waals surface area contributed by atoms with Crippen LogP contribution in [0.1, 0.15) is 31.2 Å². The molecule has 2 N–H and O–H groups in total. The van der Waals surface area contributed by atoms with E-state index < -0.39 is 0 Å². The molecule has 1 saturated carbocycles. The van der Waals surface area contributed by atoms with Crippen LogP contribution in [-0.2, 0) is 4.74 Å². The minimum absolute atomic E-state index is 0.337. The van der Waals surface area contributed by atoms with Crippen LogP contribution in [0.3, 0.4) is 0 Å². The molecule has 1 aromatic rings. The number of fused-ring (bicyclic) bond motifs is 1. The van der Waals surface area contributed by atoms with E-state index in [1.165, 1.54) is 12.8 Å². The molecule has 1 aliphatic heterocycles. The summed E-state index contributed by atoms with van der Waals surface area (Å²) in [5, 5.41) is 0. The number of aromatic nitrogens is 1. The molecule has 0 spiro atoms. The second kappa shape index (κ2) is 5.43. The lowest BCUT2D eigenvalue weighted by Crippen LogP contribution is -2.53. The number of thiocarbonyl (C=S) groups is 1. The Kier molecular flexibility index (Phi) is 3.66. The smallest absolute Gasteiger partial charge is 0.139 e. The number of nitrogens with two attached hydrogens (primary N) is 1. The molecular formula is C14H19N3OS. The molecular weight excluding hydrogens is 258 g/mol. The second-order valence-corrected chi connectivity index (χ2v) is 5.63. The third kappa shape index (κ3) is 2.44. The van der Waals surface area contributed by atoms with Crippen LogP contribution in [-0.4, -0.2) is 35.3 Å². The highest BCUT2D eigenvalue weighted by Gasteiger charge is 2.35. The zero-order chi connectivity index (χ0) is 13.2. The van der Waals surface area contributed by atoms with Gasteiger partial charge in [-0.3, -0.25) is 0 Å². The molecule has 1 aliphatic carbocycles. The van der Waals surface area contributed by atoms with Gasteiger partial charge in [0.1, 0.15) is 10.8 Å². The molecule has 0 radical (unpaired) electrons. The summed E-state index contributed by atoms with van der Waals surface area (Å²) in [5.41, 5.74) is 6.70. The Labute approximate surface area is 118 Å². The largest absolute Gasteiger partial charge is 0.389 e. The highest BCUT2D eigenvalue weighted by Crippen LogP contribution is 2.32. The third-order valence-corrected chi connectivity index (χ3v) is 4.28. The maximum Gasteiger partial charge on any atom is 0.139 e. The average molecular weight is 277 g/mol. The van der Waals surface area contributed by atoms with Crippen LogP contribution in [0.4, 0.5) is 5.82 Å². The van der Waals surface area contributed by atoms with E-state index in [-0.39, 0.29) is 0 Å². The maximum atomic E-state index is 5.90. The Hall–Kier alpha value is -1.20. The van der Waals surface area contributed by atoms with E-state index >= 15 is 0 Å². The first-order valence-electron chi connectivity index (χ1n) is 6.90. The van der Waals surface area contributed by atoms with E-state index in [4.69, 9.17) is 22.7 Å². The number of anilines is 1. The number of morpholine rings is 1. The Balaban J connectivity index is 1.94. The summed E-state index contributed by atoms with van der Waals surface area (Å²) in [6, 6.07) is 4.26. The van der Waals surface area contributed by atoms with Gasteiger partial charge in [-0.05, 0) is 25.0 Å². The molecule has 2 heterocycles. The van der Waals surface area contributed by atoms with Crippen molar-refractivity contribution in [3.05, 3.63) is 23.9 Å². The Morgan fingerprint density at radius 3 is 3.11 bits per heavy atom. The lowest BCUT2D eigenvalue weighted by molar-refractivity contribution is -0.00899. The predicted octanol–water partition coefficient (Wildman–Crippen LogP) is 1.86. The highest BCUT2D eigenvalue weighted by atomic mass is 32.1. The van der Waals surface area contributed by atoms with Gasteiger partial charge in [0.05, 0.1) is 24.3 Å². The van der Waals surface area contributed by atoms with Gasteiger partial charge in [0.25, 0.3) is 0 Å². The molecule has 2 aliphatic rings. The van der Waals surface area contributed by atoms with Crippen molar-refractivity contribution in [2.45, 2.75) is 37.8 Å². The second-order valence-electron chi connectivity index (χ2n) is 5.19. The molecule has 1 saturated heterocycles. The molecule has 4 nitrogen and oxygen atoms in total. The standard InChI is InChI=1S/C14H19N3OS/c15-13(19)10-4-3-7-16-14(10)17-8-9-18-12-6-2-1-5-11(12)17/h3-4,7,11-12H,1-2,5-6,8-9H2,(H2,15,19). The molecule has 19 heavy (non-hydrogen) atoms. The van der Waals surface area contributed by atoms with Crippen molar-refractivity contribution < 1.29 is 4.74 Å². The Morgan fingerprint density at radius 1 is 1.42 bits per heavy atom. The summed E-state index contributed by atoms with van der Waals surface area (Å²) >= 11 is 5.15. The van der Waals surface area contributed by atoms with E-state index in [0.29, 0.717) is 17.1 Å². The molecule has 2 fully saturated rings. The fourth-order valence-electron chi connectivity index (χ4n) is 3.18. The molecule has 3 rings (SSSR count). The monoisotopic (exact) mass is 277 g/mol. The van der Waals surface area contributed by atoms with Crippen molar-refractivity contribution >= 4 is 23.0 Å². The minimum atomic E-state index is 0.337. The van der Waals surface area contributed by atoms with E-state index in [9.17, 15) is 0 Å². The van der Waals surface area contributed by atoms with Gasteiger partial charge >= 0.3 is 0 Å². The van der Waals surface area contributed by atoms with Crippen molar-refractivity contribution in [3.63, 3.8) is 0 Å². The van der Waals surface area contributed by atoms with Gasteiger partial charge in [0.2, 0.25) is 0 Å². The van der Waals surface area contributed by atoms with Gasteiger partial charge in [0.15, 0.2) is 0 Å². The van der Waals surface area contributed by atoms with Crippen molar-refractivity contribution in [1.82, 2.24) is 4.98 Å². The van der Waals surface area contributed by atoms with E-state index in [0.717, 1.165) is 37.4 Å². The van der Waals surface area contributed by atoms with Crippen LogP contribution in [0, 0.1) is 0 Å². The van der Waals surface area contributed by atoms with Crippen LogP contribution in [0.2, 0.25) is 0 Å². The van der Waals surface area contributed by atoms with E-state index in [1.807, 2.05) is 18.3 Å². The number of pyridine rings is 1. The van der Waals surface area contributed by atoms with Crippen LogP contribution in [0.15, 0.2) is 18.3 Å². The van der Waals surface area contributed by atoms with Gasteiger partial charge < -0.3 is 15.4 Å². The quantitative estimate of drug-likeness (QED) is 0.836. The molecule has 102 valence electrons. The van der Waals surface area contributed by atoms with Crippen LogP contribution in [0.5, 0.6) is 0 Å². The summed E-state index contributed by atoms with van der Waals surface area (Å²) in [4.78, 5) is 7.29. The first-order valence-corrected chi connectivity index (χ1v) is 7.31. The molecule has 2 atom stereocenters. The van der Waals surface area contributed by atoms with Crippen LogP contribution < -0.4 is 10.6 Å². The molecule has 0 bridgehead atoms. The molecule has 2 unspecified atom stereocenters. The number of nitrogens with zero attached hydrogens (tertiary/aromatic N) is 2. The van der Waals surface area contributed by atoms with E-state index in [1.54, 1.807) is 0 Å². The Bertz CT molecular complexity index is 478. The van der Waals surface area contributed by atoms with Crippen molar-refractivity contribution in [2.75, 3.05) is 18.1 Å². The topological polar surface area (TPSA) is 51.4 Å². The van der Waals surface area contributed by atoms with Gasteiger partial charge in [-0.2, -0.15) is 0 Å². The molecule has 0 aromatic carbocycles. The fraction of sp³-hybridized carbons (Fsp3) is 0.571. The fourth-order valence-corrected chi connectivity index (χ4v) is 3.34. The average Bonchev–Trinajstić information content (AvgIpc) is 2.46. The summed E-state index contributed by atoms with van der Waals surface area (Å²) in [5.74, 6) is 0.926. The van der Waals surface area contributed by atoms with Crippen LogP contribution >= 0.6 is 12.2 Å². The zero-order valence-electron chi connectivity index (χ0n) is 10.9. The molecule has 5 heteroatoms. The number of rotatable bonds is 2. The molecule has 0 amide bonds. The summed E-state index contributed by atoms with van der Waals surface area (Å²) < 4.78 is 5.90. The first kappa shape index (κ1) is 12.8. The highest BCUT2D eigenvalue weighted by molar-refractivity contribution is 7.80. The summed E-state index contributed by atoms with van der Waals surface area (Å²) in [6.45, 7) is 1.63. The van der Waals surface area contributed by atoms with Crippen molar-refractivity contribution in [2.24, 2.45) is 5.73 Å². The van der Waals surface area contributed by atoms with Crippen molar-refractivity contribution in [3.8, 4) is 0 Å². The number of hydrogen-bond donors (Lipinski definition) is 1. The normalized spacial score (nSPS) is 26.8. The van der Waals surface area contributed by atoms with Gasteiger partial charge in [0, 0.05) is 12.7 Å². The summed E-state index contributed by atoms with van der Waals surface area (Å²) in [6.07, 6.45) is 6.98. The third-order valence-electron chi connectivity index (χ3n) is 4.06. The lowest BCUT2D eigenvalue weighted by Gasteiger charge is -2.44. The zero-order valence-corrected chi connectivity index (χ0v) is 11.7. The van der Waals surface area contributed by atoms with E-state index in [2.05, 4.69) is 9.88 Å². The SMILES string of the molecule is NC(=S)c1cccnc1N1CCOC2CCCCC21. The maximum absolute atomic E-state index is 5.90. The van der Waals surface area contributed by atoms with Crippen molar-refractivity contribution in [1.29, 1.82) is 0 Å².